The quantitative estimate of drug-likeness (QED) is 0.251. The van der Waals surface area contributed by atoms with E-state index in [1.165, 1.54) is 49.7 Å². The van der Waals surface area contributed by atoms with Crippen molar-refractivity contribution in [1.82, 2.24) is 0 Å². The van der Waals surface area contributed by atoms with Gasteiger partial charge < -0.3 is 13.8 Å². The van der Waals surface area contributed by atoms with Crippen LogP contribution in [0.1, 0.15) is 91.9 Å². The number of allylic oxidation sites excluding steroid dienone is 8. The van der Waals surface area contributed by atoms with Gasteiger partial charge in [-0.3, -0.25) is 12.2 Å². The molecule has 2 rings (SSSR count). The van der Waals surface area contributed by atoms with Crippen LogP contribution in [0.15, 0.2) is 35.5 Å². The molecule has 0 heterocycles. The van der Waals surface area contributed by atoms with Gasteiger partial charge >= 0.3 is 25.8 Å². The van der Waals surface area contributed by atoms with Crippen molar-refractivity contribution in [1.29, 1.82) is 0 Å². The summed E-state index contributed by atoms with van der Waals surface area (Å²) in [5, 5.41) is 0. The average molecular weight is 507 g/mol. The molecule has 0 aromatic carbocycles. The molecule has 0 radical (unpaired) electrons. The van der Waals surface area contributed by atoms with Crippen LogP contribution in [0.4, 0.5) is 0 Å². The molecule has 1 heteroatoms. The zero-order valence-electron chi connectivity index (χ0n) is 17.3. The van der Waals surface area contributed by atoms with E-state index in [0.717, 1.165) is 25.7 Å². The SMILES string of the molecule is CCCC1=[C-]CC=C1.CCCC1=[C-]CC=C1.[CH2-]CCC.[CH2-]CCC.[Hf+4]. The summed E-state index contributed by atoms with van der Waals surface area (Å²) in [5.74, 6) is 0. The van der Waals surface area contributed by atoms with Gasteiger partial charge in [-0.1, -0.05) is 66.2 Å². The Labute approximate surface area is 178 Å². The molecule has 25 heavy (non-hydrogen) atoms. The second-order valence-electron chi connectivity index (χ2n) is 5.82. The number of rotatable bonds is 6. The molecule has 0 saturated heterocycles. The predicted molar refractivity (Wildman–Crippen MR) is 111 cm³/mol. The second-order valence-corrected chi connectivity index (χ2v) is 5.82. The number of hydrogen-bond acceptors (Lipinski definition) is 0. The molecule has 0 atom stereocenters. The standard InChI is InChI=1S/2C8H11.2C4H9.Hf/c2*1-2-5-8-6-3-4-7-8;2*1-3-4-2;/h2*3,6H,2,4-5H2,1H3;2*1,3-4H2,2H3;/q4*-1;+4. The third-order valence-electron chi connectivity index (χ3n) is 3.28. The van der Waals surface area contributed by atoms with Gasteiger partial charge in [-0.05, 0) is 0 Å². The van der Waals surface area contributed by atoms with Crippen LogP contribution in [-0.4, -0.2) is 0 Å². The van der Waals surface area contributed by atoms with Crippen molar-refractivity contribution in [3.63, 3.8) is 0 Å². The fourth-order valence-corrected chi connectivity index (χ4v) is 1.78. The van der Waals surface area contributed by atoms with Crippen LogP contribution in [0.3, 0.4) is 0 Å². The Morgan fingerprint density at radius 2 is 1.04 bits per heavy atom. The smallest absolute Gasteiger partial charge is 0.343 e. The van der Waals surface area contributed by atoms with Crippen LogP contribution in [-0.2, 0) is 25.8 Å². The minimum atomic E-state index is 0. The Morgan fingerprint density at radius 3 is 1.20 bits per heavy atom. The summed E-state index contributed by atoms with van der Waals surface area (Å²) in [5.41, 5.74) is 2.79. The van der Waals surface area contributed by atoms with Crippen LogP contribution in [0.5, 0.6) is 0 Å². The van der Waals surface area contributed by atoms with Crippen molar-refractivity contribution in [2.45, 2.75) is 91.9 Å². The molecule has 140 valence electrons. The van der Waals surface area contributed by atoms with Crippen molar-refractivity contribution in [3.05, 3.63) is 61.4 Å². The van der Waals surface area contributed by atoms with E-state index in [9.17, 15) is 0 Å². The molecule has 2 aliphatic carbocycles. The number of unbranched alkanes of at least 4 members (excludes halogenated alkanes) is 2. The molecular formula is C24H40Hf. The summed E-state index contributed by atoms with van der Waals surface area (Å²) in [6.07, 6.45) is 26.7. The van der Waals surface area contributed by atoms with Gasteiger partial charge in [-0.25, -0.2) is 23.3 Å². The Morgan fingerprint density at radius 1 is 0.720 bits per heavy atom. The molecule has 0 bridgehead atoms. The average Bonchev–Trinajstić information content (AvgIpc) is 3.31. The van der Waals surface area contributed by atoms with Crippen LogP contribution < -0.4 is 0 Å². The minimum absolute atomic E-state index is 0. The largest absolute Gasteiger partial charge is 4.00 e. The van der Waals surface area contributed by atoms with E-state index in [0.29, 0.717) is 0 Å². The third kappa shape index (κ3) is 23.8. The van der Waals surface area contributed by atoms with Gasteiger partial charge in [0.05, 0.1) is 0 Å². The Balaban J connectivity index is -0.000000270. The van der Waals surface area contributed by atoms with Crippen molar-refractivity contribution >= 4 is 0 Å². The Kier molecular flexibility index (Phi) is 30.8. The monoisotopic (exact) mass is 508 g/mol. The summed E-state index contributed by atoms with van der Waals surface area (Å²) in [7, 11) is 0. The maximum Gasteiger partial charge on any atom is 4.00 e. The maximum atomic E-state index is 3.60. The van der Waals surface area contributed by atoms with Gasteiger partial charge in [0.2, 0.25) is 0 Å². The zero-order valence-corrected chi connectivity index (χ0v) is 20.9. The first-order valence-electron chi connectivity index (χ1n) is 9.80. The zero-order chi connectivity index (χ0) is 18.5. The van der Waals surface area contributed by atoms with E-state index in [1.807, 2.05) is 0 Å². The molecule has 0 aromatic rings. The summed E-state index contributed by atoms with van der Waals surface area (Å²) in [6.45, 7) is 15.8. The maximum absolute atomic E-state index is 3.60. The molecule has 0 aromatic heterocycles. The molecular weight excluding hydrogens is 467 g/mol. The first-order valence-corrected chi connectivity index (χ1v) is 9.80. The Hall–Kier alpha value is -0.170. The molecule has 0 amide bonds. The van der Waals surface area contributed by atoms with Crippen molar-refractivity contribution < 1.29 is 25.8 Å². The first-order chi connectivity index (χ1) is 11.7. The molecule has 2 aliphatic rings. The minimum Gasteiger partial charge on any atom is -0.343 e. The van der Waals surface area contributed by atoms with Gasteiger partial charge in [-0.15, -0.1) is 12.8 Å². The van der Waals surface area contributed by atoms with Gasteiger partial charge in [-0.2, -0.15) is 25.0 Å². The third-order valence-corrected chi connectivity index (χ3v) is 3.28. The Bertz CT molecular complexity index is 318. The van der Waals surface area contributed by atoms with Gasteiger partial charge in [0.25, 0.3) is 0 Å². The van der Waals surface area contributed by atoms with Crippen LogP contribution in [0, 0.1) is 26.0 Å². The molecule has 0 spiro atoms. The molecule has 0 N–H and O–H groups in total. The van der Waals surface area contributed by atoms with E-state index < -0.39 is 0 Å². The van der Waals surface area contributed by atoms with Crippen LogP contribution in [0.25, 0.3) is 0 Å². The molecule has 0 aliphatic heterocycles. The van der Waals surface area contributed by atoms with Crippen molar-refractivity contribution in [2.75, 3.05) is 0 Å². The van der Waals surface area contributed by atoms with Crippen LogP contribution in [0.2, 0.25) is 0 Å². The molecule has 0 saturated carbocycles. The van der Waals surface area contributed by atoms with E-state index in [4.69, 9.17) is 0 Å². The van der Waals surface area contributed by atoms with Gasteiger partial charge in [0.1, 0.15) is 0 Å². The van der Waals surface area contributed by atoms with Crippen molar-refractivity contribution in [2.24, 2.45) is 0 Å². The van der Waals surface area contributed by atoms with E-state index in [-0.39, 0.29) is 25.8 Å². The molecule has 0 nitrogen and oxygen atoms in total. The summed E-state index contributed by atoms with van der Waals surface area (Å²) >= 11 is 0. The summed E-state index contributed by atoms with van der Waals surface area (Å²) < 4.78 is 0. The van der Waals surface area contributed by atoms with Gasteiger partial charge in [0, 0.05) is 0 Å². The van der Waals surface area contributed by atoms with Crippen molar-refractivity contribution in [3.8, 4) is 0 Å². The second kappa shape index (κ2) is 26.1. The molecule has 0 fully saturated rings. The summed E-state index contributed by atoms with van der Waals surface area (Å²) in [4.78, 5) is 0. The predicted octanol–water partition coefficient (Wildman–Crippen LogP) is 8.19. The van der Waals surface area contributed by atoms with Gasteiger partial charge in [0.15, 0.2) is 0 Å². The fourth-order valence-electron chi connectivity index (χ4n) is 1.78. The normalized spacial score (nSPS) is 13.2. The van der Waals surface area contributed by atoms with E-state index in [2.05, 4.69) is 78.0 Å². The summed E-state index contributed by atoms with van der Waals surface area (Å²) in [6, 6.07) is 0. The first kappa shape index (κ1) is 29.6. The topological polar surface area (TPSA) is 0 Å². The van der Waals surface area contributed by atoms with Crippen LogP contribution >= 0.6 is 0 Å². The van der Waals surface area contributed by atoms with E-state index >= 15 is 0 Å². The number of hydrogen-bond donors (Lipinski definition) is 0. The molecule has 0 unspecified atom stereocenters. The fraction of sp³-hybridized carbons (Fsp3) is 0.583. The van der Waals surface area contributed by atoms with E-state index in [1.54, 1.807) is 0 Å².